The molecule has 0 saturated carbocycles. The van der Waals surface area contributed by atoms with E-state index in [-0.39, 0.29) is 11.1 Å². The molecule has 3 nitrogen and oxygen atoms in total. The Bertz CT molecular complexity index is 266. The van der Waals surface area contributed by atoms with Crippen LogP contribution < -0.4 is 0 Å². The maximum Gasteiger partial charge on any atom is 0.214 e. The maximum atomic E-state index is 11.8. The number of hydrogen-bond donors (Lipinski definition) is 0. The van der Waals surface area contributed by atoms with Crippen molar-refractivity contribution in [1.29, 1.82) is 0 Å². The molecular weight excluding hydrogens is 222 g/mol. The number of alkyl halides is 1. The van der Waals surface area contributed by atoms with Gasteiger partial charge in [0.1, 0.15) is 0 Å². The third kappa shape index (κ3) is 3.41. The molecule has 1 heterocycles. The van der Waals surface area contributed by atoms with Crippen molar-refractivity contribution >= 4 is 21.6 Å². The first kappa shape index (κ1) is 12.3. The molecule has 1 rings (SSSR count). The molecule has 0 aromatic rings. The van der Waals surface area contributed by atoms with E-state index in [4.69, 9.17) is 11.6 Å². The monoisotopic (exact) mass is 239 g/mol. The second-order valence-electron chi connectivity index (χ2n) is 3.77. The van der Waals surface area contributed by atoms with Crippen molar-refractivity contribution in [2.75, 3.05) is 18.8 Å². The van der Waals surface area contributed by atoms with Crippen molar-refractivity contribution in [3.05, 3.63) is 0 Å². The maximum absolute atomic E-state index is 11.8. The second kappa shape index (κ2) is 5.33. The van der Waals surface area contributed by atoms with Gasteiger partial charge in [0.2, 0.25) is 10.0 Å². The molecule has 1 aliphatic heterocycles. The average molecular weight is 240 g/mol. The van der Waals surface area contributed by atoms with E-state index >= 15 is 0 Å². The molecule has 0 bridgehead atoms. The van der Waals surface area contributed by atoms with Crippen molar-refractivity contribution in [1.82, 2.24) is 4.31 Å². The zero-order valence-corrected chi connectivity index (χ0v) is 10.1. The van der Waals surface area contributed by atoms with Gasteiger partial charge in [-0.3, -0.25) is 0 Å². The summed E-state index contributed by atoms with van der Waals surface area (Å²) in [4.78, 5) is 0. The predicted octanol–water partition coefficient (Wildman–Crippen LogP) is 1.82. The van der Waals surface area contributed by atoms with Gasteiger partial charge >= 0.3 is 0 Å². The van der Waals surface area contributed by atoms with Gasteiger partial charge in [-0.1, -0.05) is 13.3 Å². The van der Waals surface area contributed by atoms with E-state index in [0.29, 0.717) is 13.1 Å². The molecule has 1 unspecified atom stereocenters. The SMILES string of the molecule is CCCCS(=O)(=O)N1CCCC(Cl)C1. The molecular formula is C9H18ClNO2S. The van der Waals surface area contributed by atoms with Crippen LogP contribution in [-0.4, -0.2) is 36.9 Å². The number of unbranched alkanes of at least 4 members (excludes halogenated alkanes) is 1. The standard InChI is InChI=1S/C9H18ClNO2S/c1-2-3-7-14(12,13)11-6-4-5-9(10)8-11/h9H,2-8H2,1H3. The fourth-order valence-electron chi connectivity index (χ4n) is 1.60. The van der Waals surface area contributed by atoms with E-state index in [9.17, 15) is 8.42 Å². The number of piperidine rings is 1. The third-order valence-corrected chi connectivity index (χ3v) is 4.76. The largest absolute Gasteiger partial charge is 0.214 e. The van der Waals surface area contributed by atoms with Crippen LogP contribution in [0.3, 0.4) is 0 Å². The van der Waals surface area contributed by atoms with E-state index in [1.807, 2.05) is 6.92 Å². The number of sulfonamides is 1. The number of halogens is 1. The summed E-state index contributed by atoms with van der Waals surface area (Å²) in [5.41, 5.74) is 0. The molecule has 14 heavy (non-hydrogen) atoms. The van der Waals surface area contributed by atoms with Crippen molar-refractivity contribution in [3.8, 4) is 0 Å². The first-order valence-corrected chi connectivity index (χ1v) is 7.22. The predicted molar refractivity (Wildman–Crippen MR) is 59.1 cm³/mol. The Hall–Kier alpha value is 0.200. The lowest BCUT2D eigenvalue weighted by Gasteiger charge is -2.28. The number of nitrogens with zero attached hydrogens (tertiary/aromatic N) is 1. The number of rotatable bonds is 4. The summed E-state index contributed by atoms with van der Waals surface area (Å²) in [6, 6.07) is 0. The van der Waals surface area contributed by atoms with Crippen molar-refractivity contribution in [2.45, 2.75) is 38.0 Å². The molecule has 0 N–H and O–H groups in total. The normalized spacial score (nSPS) is 25.1. The van der Waals surface area contributed by atoms with E-state index in [0.717, 1.165) is 25.7 Å². The highest BCUT2D eigenvalue weighted by atomic mass is 35.5. The fraction of sp³-hybridized carbons (Fsp3) is 1.00. The summed E-state index contributed by atoms with van der Waals surface area (Å²) < 4.78 is 25.1. The van der Waals surface area contributed by atoms with Crippen LogP contribution in [0.1, 0.15) is 32.6 Å². The lowest BCUT2D eigenvalue weighted by Crippen LogP contribution is -2.41. The van der Waals surface area contributed by atoms with Crippen LogP contribution >= 0.6 is 11.6 Å². The smallest absolute Gasteiger partial charge is 0.212 e. The summed E-state index contributed by atoms with van der Waals surface area (Å²) in [5.74, 6) is 0.271. The zero-order chi connectivity index (χ0) is 10.6. The van der Waals surface area contributed by atoms with E-state index in [1.54, 1.807) is 4.31 Å². The summed E-state index contributed by atoms with van der Waals surface area (Å²) in [5, 5.41) is 0.000140. The molecule has 84 valence electrons. The molecule has 0 aromatic heterocycles. The van der Waals surface area contributed by atoms with Crippen LogP contribution in [0.4, 0.5) is 0 Å². The molecule has 0 spiro atoms. The first-order valence-electron chi connectivity index (χ1n) is 5.18. The molecule has 5 heteroatoms. The van der Waals surface area contributed by atoms with E-state index < -0.39 is 10.0 Å². The second-order valence-corrected chi connectivity index (χ2v) is 6.47. The molecule has 0 aromatic carbocycles. The highest BCUT2D eigenvalue weighted by Gasteiger charge is 2.27. The van der Waals surface area contributed by atoms with Crippen molar-refractivity contribution in [3.63, 3.8) is 0 Å². The number of hydrogen-bond acceptors (Lipinski definition) is 2. The summed E-state index contributed by atoms with van der Waals surface area (Å²) in [6.45, 7) is 3.14. The Labute approximate surface area is 91.5 Å². The third-order valence-electron chi connectivity index (χ3n) is 2.48. The summed E-state index contributed by atoms with van der Waals surface area (Å²) in [7, 11) is -3.03. The van der Waals surface area contributed by atoms with Crippen LogP contribution in [0.2, 0.25) is 0 Å². The van der Waals surface area contributed by atoms with Gasteiger partial charge in [-0.05, 0) is 19.3 Å². The summed E-state index contributed by atoms with van der Waals surface area (Å²) >= 11 is 5.95. The highest BCUT2D eigenvalue weighted by Crippen LogP contribution is 2.18. The zero-order valence-electron chi connectivity index (χ0n) is 8.58. The van der Waals surface area contributed by atoms with Gasteiger partial charge in [-0.2, -0.15) is 0 Å². The van der Waals surface area contributed by atoms with Gasteiger partial charge < -0.3 is 0 Å². The highest BCUT2D eigenvalue weighted by molar-refractivity contribution is 7.89. The average Bonchev–Trinajstić information content (AvgIpc) is 2.15. The Morgan fingerprint density at radius 2 is 2.21 bits per heavy atom. The summed E-state index contributed by atoms with van der Waals surface area (Å²) in [6.07, 6.45) is 3.48. The molecule has 0 aliphatic carbocycles. The van der Waals surface area contributed by atoms with E-state index in [2.05, 4.69) is 0 Å². The molecule has 1 saturated heterocycles. The van der Waals surface area contributed by atoms with Gasteiger partial charge in [-0.25, -0.2) is 12.7 Å². The molecule has 1 atom stereocenters. The van der Waals surface area contributed by atoms with Crippen LogP contribution in [0.25, 0.3) is 0 Å². The lowest BCUT2D eigenvalue weighted by molar-refractivity contribution is 0.350. The Morgan fingerprint density at radius 1 is 1.50 bits per heavy atom. The Kier molecular flexibility index (Phi) is 4.67. The van der Waals surface area contributed by atoms with Crippen LogP contribution in [0.15, 0.2) is 0 Å². The molecule has 0 radical (unpaired) electrons. The van der Waals surface area contributed by atoms with Crippen LogP contribution in [0.5, 0.6) is 0 Å². The van der Waals surface area contributed by atoms with Gasteiger partial charge in [0.05, 0.1) is 5.75 Å². The van der Waals surface area contributed by atoms with Gasteiger partial charge in [-0.15, -0.1) is 11.6 Å². The lowest BCUT2D eigenvalue weighted by atomic mass is 10.2. The fourth-order valence-corrected chi connectivity index (χ4v) is 3.73. The van der Waals surface area contributed by atoms with Crippen LogP contribution in [0, 0.1) is 0 Å². The molecule has 1 aliphatic rings. The van der Waals surface area contributed by atoms with Crippen molar-refractivity contribution < 1.29 is 8.42 Å². The van der Waals surface area contributed by atoms with E-state index in [1.165, 1.54) is 0 Å². The van der Waals surface area contributed by atoms with Crippen molar-refractivity contribution in [2.24, 2.45) is 0 Å². The Balaban J connectivity index is 2.53. The van der Waals surface area contributed by atoms with Gasteiger partial charge in [0.15, 0.2) is 0 Å². The molecule has 0 amide bonds. The Morgan fingerprint density at radius 3 is 2.79 bits per heavy atom. The van der Waals surface area contributed by atoms with Gasteiger partial charge in [0.25, 0.3) is 0 Å². The minimum absolute atomic E-state index is 0.000140. The topological polar surface area (TPSA) is 37.4 Å². The first-order chi connectivity index (χ1) is 6.56. The minimum Gasteiger partial charge on any atom is -0.212 e. The quantitative estimate of drug-likeness (QED) is 0.702. The molecule has 1 fully saturated rings. The van der Waals surface area contributed by atoms with Gasteiger partial charge in [0, 0.05) is 18.5 Å². The van der Waals surface area contributed by atoms with Crippen LogP contribution in [-0.2, 0) is 10.0 Å². The minimum atomic E-state index is -3.03.